The molecule has 0 saturated carbocycles. The monoisotopic (exact) mass is 615 g/mol. The van der Waals surface area contributed by atoms with Gasteiger partial charge in [-0.1, -0.05) is 13.0 Å². The number of fused-ring (bicyclic) bond motifs is 1. The summed E-state index contributed by atoms with van der Waals surface area (Å²) in [6.45, 7) is 6.89. The number of thiazole rings is 1. The number of nitrogens with one attached hydrogen (secondary N) is 2. The summed E-state index contributed by atoms with van der Waals surface area (Å²) in [5, 5.41) is 6.06. The summed E-state index contributed by atoms with van der Waals surface area (Å²) in [6, 6.07) is 4.88. The van der Waals surface area contributed by atoms with Gasteiger partial charge in [0.05, 0.1) is 18.2 Å². The van der Waals surface area contributed by atoms with Crippen molar-refractivity contribution in [2.24, 2.45) is 0 Å². The van der Waals surface area contributed by atoms with E-state index in [9.17, 15) is 32.3 Å². The molecular weight excluding hydrogens is 587 g/mol. The van der Waals surface area contributed by atoms with Crippen molar-refractivity contribution in [1.29, 1.82) is 0 Å². The van der Waals surface area contributed by atoms with Crippen LogP contribution in [0.15, 0.2) is 46.8 Å². The van der Waals surface area contributed by atoms with Gasteiger partial charge in [0.15, 0.2) is 11.5 Å². The molecule has 0 bridgehead atoms. The summed E-state index contributed by atoms with van der Waals surface area (Å²) < 4.78 is 46.9. The molecule has 43 heavy (non-hydrogen) atoms. The quantitative estimate of drug-likeness (QED) is 0.219. The summed E-state index contributed by atoms with van der Waals surface area (Å²) in [6.07, 6.45) is -1.61. The van der Waals surface area contributed by atoms with Crippen molar-refractivity contribution in [2.75, 3.05) is 18.5 Å². The molecule has 14 heteroatoms. The van der Waals surface area contributed by atoms with E-state index in [2.05, 4.69) is 20.6 Å². The normalized spacial score (nSPS) is 12.2. The minimum Gasteiger partial charge on any atom is -0.462 e. The van der Waals surface area contributed by atoms with Crippen LogP contribution in [0.25, 0.3) is 32.6 Å². The minimum atomic E-state index is -4.67. The van der Waals surface area contributed by atoms with Gasteiger partial charge in [-0.3, -0.25) is 14.9 Å². The van der Waals surface area contributed by atoms with Crippen molar-refractivity contribution in [1.82, 2.24) is 19.9 Å². The molecule has 2 amide bonds. The molecule has 1 aromatic carbocycles. The van der Waals surface area contributed by atoms with Crippen LogP contribution in [0.3, 0.4) is 0 Å². The van der Waals surface area contributed by atoms with Gasteiger partial charge in [-0.2, -0.15) is 13.2 Å². The smallest absolute Gasteiger partial charge is 0.434 e. The molecule has 1 atom stereocenters. The molecule has 226 valence electrons. The molecule has 1 unspecified atom stereocenters. The van der Waals surface area contributed by atoms with Gasteiger partial charge in [0, 0.05) is 40.8 Å². The number of Topliss-reactive ketones (excluding diaryl/α,β-unsaturated/α-hetero) is 1. The van der Waals surface area contributed by atoms with Gasteiger partial charge in [-0.25, -0.2) is 19.6 Å². The van der Waals surface area contributed by atoms with E-state index in [1.807, 2.05) is 0 Å². The third-order valence-electron chi connectivity index (χ3n) is 6.54. The zero-order valence-corrected chi connectivity index (χ0v) is 24.5. The third-order valence-corrected chi connectivity index (χ3v) is 7.41. The number of nitrogens with zero attached hydrogens (tertiary/aromatic N) is 3. The van der Waals surface area contributed by atoms with Crippen LogP contribution in [0, 0.1) is 0 Å². The van der Waals surface area contributed by atoms with Crippen LogP contribution in [-0.4, -0.2) is 45.5 Å². The van der Waals surface area contributed by atoms with Gasteiger partial charge < -0.3 is 14.6 Å². The van der Waals surface area contributed by atoms with Crippen molar-refractivity contribution in [3.63, 3.8) is 0 Å². The van der Waals surface area contributed by atoms with Gasteiger partial charge in [0.25, 0.3) is 0 Å². The first kappa shape index (κ1) is 31.3. The summed E-state index contributed by atoms with van der Waals surface area (Å²) in [4.78, 5) is 58.9. The predicted molar refractivity (Wildman–Crippen MR) is 156 cm³/mol. The first-order valence-electron chi connectivity index (χ1n) is 13.3. The fourth-order valence-electron chi connectivity index (χ4n) is 4.59. The van der Waals surface area contributed by atoms with Crippen LogP contribution < -0.4 is 16.1 Å². The lowest BCUT2D eigenvalue weighted by Gasteiger charge is -2.20. The van der Waals surface area contributed by atoms with Gasteiger partial charge in [0.2, 0.25) is 5.43 Å². The molecule has 0 saturated heterocycles. The number of amides is 2. The Bertz CT molecular complexity index is 1770. The second-order valence-corrected chi connectivity index (χ2v) is 10.3. The lowest BCUT2D eigenvalue weighted by atomic mass is 9.98. The number of carbonyl (C=O) groups excluding carboxylic acids is 3. The van der Waals surface area contributed by atoms with Crippen LogP contribution in [-0.2, 0) is 15.7 Å². The Morgan fingerprint density at radius 1 is 1.12 bits per heavy atom. The van der Waals surface area contributed by atoms with Gasteiger partial charge in [-0.15, -0.1) is 11.3 Å². The maximum atomic E-state index is 13.6. The number of rotatable bonds is 9. The van der Waals surface area contributed by atoms with Crippen molar-refractivity contribution >= 4 is 45.8 Å². The van der Waals surface area contributed by atoms with Gasteiger partial charge in [-0.05, 0) is 51.0 Å². The van der Waals surface area contributed by atoms with Crippen molar-refractivity contribution in [3.8, 4) is 21.7 Å². The highest BCUT2D eigenvalue weighted by Gasteiger charge is 2.34. The molecule has 3 heterocycles. The first-order chi connectivity index (χ1) is 20.4. The number of hydrogen-bond donors (Lipinski definition) is 2. The number of anilines is 1. The molecule has 2 N–H and O–H groups in total. The number of benzene rings is 1. The van der Waals surface area contributed by atoms with Crippen molar-refractivity contribution < 1.29 is 32.3 Å². The summed E-state index contributed by atoms with van der Waals surface area (Å²) in [5.74, 6) is -0.969. The van der Waals surface area contributed by atoms with Crippen LogP contribution in [0.2, 0.25) is 0 Å². The van der Waals surface area contributed by atoms with E-state index in [0.717, 1.165) is 16.7 Å². The molecule has 0 radical (unpaired) electrons. The average Bonchev–Trinajstić information content (AvgIpc) is 3.46. The number of urea groups is 1. The second kappa shape index (κ2) is 12.7. The molecule has 4 aromatic rings. The predicted octanol–water partition coefficient (Wildman–Crippen LogP) is 6.06. The molecule has 0 aliphatic heterocycles. The van der Waals surface area contributed by atoms with Crippen LogP contribution in [0.1, 0.15) is 56.2 Å². The van der Waals surface area contributed by atoms with E-state index in [1.54, 1.807) is 37.5 Å². The zero-order valence-electron chi connectivity index (χ0n) is 23.7. The van der Waals surface area contributed by atoms with Crippen LogP contribution >= 0.6 is 11.3 Å². The number of hydrogen-bond acceptors (Lipinski definition) is 8. The number of ether oxygens (including phenoxy) is 1. The number of ketones is 1. The Hall–Kier alpha value is -4.59. The summed E-state index contributed by atoms with van der Waals surface area (Å²) in [7, 11) is 0. The highest BCUT2D eigenvalue weighted by Crippen LogP contribution is 2.39. The average molecular weight is 616 g/mol. The summed E-state index contributed by atoms with van der Waals surface area (Å²) >= 11 is 0.756. The number of alkyl halides is 3. The number of pyridine rings is 2. The Morgan fingerprint density at radius 3 is 2.47 bits per heavy atom. The zero-order chi connectivity index (χ0) is 31.5. The number of halogens is 3. The van der Waals surface area contributed by atoms with E-state index in [0.29, 0.717) is 29.6 Å². The molecule has 0 aliphatic carbocycles. The maximum Gasteiger partial charge on any atom is 0.434 e. The van der Waals surface area contributed by atoms with E-state index in [-0.39, 0.29) is 39.7 Å². The van der Waals surface area contributed by atoms with Crippen molar-refractivity contribution in [2.45, 2.75) is 46.3 Å². The Morgan fingerprint density at radius 2 is 1.86 bits per heavy atom. The third kappa shape index (κ3) is 6.58. The van der Waals surface area contributed by atoms with E-state index >= 15 is 0 Å². The lowest BCUT2D eigenvalue weighted by molar-refractivity contribution is -0.140. The van der Waals surface area contributed by atoms with Crippen molar-refractivity contribution in [3.05, 3.63) is 63.5 Å². The van der Waals surface area contributed by atoms with E-state index in [1.165, 1.54) is 31.5 Å². The Labute approximate surface area is 247 Å². The largest absolute Gasteiger partial charge is 0.462 e. The standard InChI is InChI=1S/C29H28F3N5O5S/c1-5-21(15(4)38)37-13-20(27(40)42-7-3)25(39)18-10-16(8-9-22(18)37)19-12-34-24(36-28(41)33-6-2)11-17(19)26-35-23(14-43-26)29(30,31)32/h8-14,21H,5-7H2,1-4H3,(H2,33,34,36,41). The molecule has 10 nitrogen and oxygen atoms in total. The molecule has 4 rings (SSSR count). The fourth-order valence-corrected chi connectivity index (χ4v) is 5.45. The second-order valence-electron chi connectivity index (χ2n) is 9.40. The minimum absolute atomic E-state index is 0.00378. The molecule has 0 aliphatic rings. The SMILES string of the molecule is CCNC(=O)Nc1cc(-c2nc(C(F)(F)F)cs2)c(-c2ccc3c(c2)c(=O)c(C(=O)OCC)cn3C(CC)C(C)=O)cn1. The maximum absolute atomic E-state index is 13.6. The lowest BCUT2D eigenvalue weighted by Crippen LogP contribution is -2.28. The van der Waals surface area contributed by atoms with Gasteiger partial charge in [0.1, 0.15) is 16.4 Å². The topological polar surface area (TPSA) is 132 Å². The number of aromatic nitrogens is 3. The number of esters is 1. The van der Waals surface area contributed by atoms with Gasteiger partial charge >= 0.3 is 18.2 Å². The molecule has 3 aromatic heterocycles. The fraction of sp³-hybridized carbons (Fsp3) is 0.310. The molecule has 0 fully saturated rings. The van der Waals surface area contributed by atoms with E-state index in [4.69, 9.17) is 4.74 Å². The van der Waals surface area contributed by atoms with E-state index < -0.39 is 35.3 Å². The summed E-state index contributed by atoms with van der Waals surface area (Å²) in [5.41, 5.74) is -0.686. The van der Waals surface area contributed by atoms with Crippen LogP contribution in [0.4, 0.5) is 23.8 Å². The molecular formula is C29H28F3N5O5S. The Balaban J connectivity index is 1.97. The Kier molecular flexibility index (Phi) is 9.28. The highest BCUT2D eigenvalue weighted by molar-refractivity contribution is 7.13. The first-order valence-corrected chi connectivity index (χ1v) is 14.2. The van der Waals surface area contributed by atoms with Crippen LogP contribution in [0.5, 0.6) is 0 Å². The molecule has 0 spiro atoms. The number of carbonyl (C=O) groups is 3. The highest BCUT2D eigenvalue weighted by atomic mass is 32.1.